The molecule has 6 heteroatoms. The van der Waals surface area contributed by atoms with E-state index in [9.17, 15) is 13.2 Å². The van der Waals surface area contributed by atoms with E-state index in [1.165, 1.54) is 9.87 Å². The highest BCUT2D eigenvalue weighted by atomic mass is 32.2. The highest BCUT2D eigenvalue weighted by Crippen LogP contribution is 2.41. The number of amides is 1. The molecule has 1 N–H and O–H groups in total. The van der Waals surface area contributed by atoms with Crippen LogP contribution in [0.3, 0.4) is 0 Å². The number of rotatable bonds is 6. The molecule has 1 aliphatic carbocycles. The minimum absolute atomic E-state index is 0.0562. The number of hydrogen-bond donors (Lipinski definition) is 1. The third-order valence-corrected chi connectivity index (χ3v) is 8.66. The number of nitrogens with zero attached hydrogens (tertiary/aromatic N) is 1. The number of piperidine rings is 1. The molecule has 1 saturated heterocycles. The Bertz CT molecular complexity index is 1050. The lowest BCUT2D eigenvalue weighted by Gasteiger charge is -2.31. The van der Waals surface area contributed by atoms with Gasteiger partial charge in [-0.1, -0.05) is 35.9 Å². The fraction of sp³-hybridized carbons (Fsp3) is 0.480. The maximum Gasteiger partial charge on any atom is 0.243 e. The number of sulfonamides is 1. The standard InChI is InChI=1S/C25H32N2O3S/c1-17-4-7-20(8-5-17)24(21-9-10-21)26-25(28)22-12-14-27(15-13-22)31(29,30)23-11-6-18(2)19(3)16-23/h4-8,11,16,21-22,24H,9-10,12-15H2,1-3H3,(H,26,28). The fourth-order valence-electron chi connectivity index (χ4n) is 4.33. The van der Waals surface area contributed by atoms with E-state index in [0.717, 1.165) is 29.5 Å². The monoisotopic (exact) mass is 440 g/mol. The van der Waals surface area contributed by atoms with Crippen molar-refractivity contribution in [3.8, 4) is 0 Å². The summed E-state index contributed by atoms with van der Waals surface area (Å²) in [5.74, 6) is 0.426. The number of aryl methyl sites for hydroxylation is 3. The molecule has 0 spiro atoms. The summed E-state index contributed by atoms with van der Waals surface area (Å²) in [5.41, 5.74) is 4.42. The van der Waals surface area contributed by atoms with Crippen LogP contribution in [0.25, 0.3) is 0 Å². The molecule has 1 heterocycles. The van der Waals surface area contributed by atoms with Crippen LogP contribution in [0.15, 0.2) is 47.4 Å². The van der Waals surface area contributed by atoms with Gasteiger partial charge in [-0.15, -0.1) is 0 Å². The highest BCUT2D eigenvalue weighted by Gasteiger charge is 2.37. The van der Waals surface area contributed by atoms with Crippen LogP contribution in [-0.2, 0) is 14.8 Å². The Balaban J connectivity index is 1.39. The maximum absolute atomic E-state index is 13.0. The topological polar surface area (TPSA) is 66.5 Å². The Morgan fingerprint density at radius 1 is 0.935 bits per heavy atom. The minimum Gasteiger partial charge on any atom is -0.349 e. The van der Waals surface area contributed by atoms with Gasteiger partial charge in [0.2, 0.25) is 15.9 Å². The van der Waals surface area contributed by atoms with Gasteiger partial charge < -0.3 is 5.32 Å². The molecule has 0 aromatic heterocycles. The number of benzene rings is 2. The molecule has 5 nitrogen and oxygen atoms in total. The van der Waals surface area contributed by atoms with Gasteiger partial charge in [0.25, 0.3) is 0 Å². The lowest BCUT2D eigenvalue weighted by molar-refractivity contribution is -0.127. The molecule has 166 valence electrons. The van der Waals surface area contributed by atoms with Crippen LogP contribution < -0.4 is 5.32 Å². The summed E-state index contributed by atoms with van der Waals surface area (Å²) in [6, 6.07) is 13.7. The Hall–Kier alpha value is -2.18. The van der Waals surface area contributed by atoms with Crippen molar-refractivity contribution in [1.82, 2.24) is 9.62 Å². The van der Waals surface area contributed by atoms with Crippen molar-refractivity contribution in [2.24, 2.45) is 11.8 Å². The molecule has 0 bridgehead atoms. The van der Waals surface area contributed by atoms with Gasteiger partial charge in [0.1, 0.15) is 0 Å². The van der Waals surface area contributed by atoms with Gasteiger partial charge in [0, 0.05) is 19.0 Å². The molecule has 1 aliphatic heterocycles. The van der Waals surface area contributed by atoms with E-state index in [1.807, 2.05) is 19.9 Å². The molecule has 2 fully saturated rings. The first-order valence-electron chi connectivity index (χ1n) is 11.2. The molecule has 1 unspecified atom stereocenters. The molecule has 1 saturated carbocycles. The zero-order chi connectivity index (χ0) is 22.2. The fourth-order valence-corrected chi connectivity index (χ4v) is 5.88. The smallest absolute Gasteiger partial charge is 0.243 e. The second kappa shape index (κ2) is 8.75. The van der Waals surface area contributed by atoms with Gasteiger partial charge in [0.05, 0.1) is 10.9 Å². The molecule has 2 aromatic rings. The molecule has 31 heavy (non-hydrogen) atoms. The quantitative estimate of drug-likeness (QED) is 0.729. The number of carbonyl (C=O) groups excluding carboxylic acids is 1. The van der Waals surface area contributed by atoms with E-state index in [4.69, 9.17) is 0 Å². The molecular weight excluding hydrogens is 408 g/mol. The lowest BCUT2D eigenvalue weighted by atomic mass is 9.95. The molecule has 1 atom stereocenters. The highest BCUT2D eigenvalue weighted by molar-refractivity contribution is 7.89. The lowest BCUT2D eigenvalue weighted by Crippen LogP contribution is -2.44. The molecule has 1 amide bonds. The molecule has 2 aliphatic rings. The van der Waals surface area contributed by atoms with E-state index in [0.29, 0.717) is 36.7 Å². The Morgan fingerprint density at radius 2 is 1.58 bits per heavy atom. The van der Waals surface area contributed by atoms with Crippen molar-refractivity contribution in [3.63, 3.8) is 0 Å². The Kier molecular flexibility index (Phi) is 6.22. The Morgan fingerprint density at radius 3 is 2.16 bits per heavy atom. The minimum atomic E-state index is -3.52. The van der Waals surface area contributed by atoms with Crippen molar-refractivity contribution in [1.29, 1.82) is 0 Å². The van der Waals surface area contributed by atoms with Crippen molar-refractivity contribution in [3.05, 3.63) is 64.7 Å². The summed E-state index contributed by atoms with van der Waals surface area (Å²) >= 11 is 0. The van der Waals surface area contributed by atoms with E-state index in [1.54, 1.807) is 12.1 Å². The van der Waals surface area contributed by atoms with Crippen LogP contribution in [0.2, 0.25) is 0 Å². The van der Waals surface area contributed by atoms with Crippen LogP contribution >= 0.6 is 0 Å². The van der Waals surface area contributed by atoms with E-state index < -0.39 is 10.0 Å². The average molecular weight is 441 g/mol. The van der Waals surface area contributed by atoms with Gasteiger partial charge in [-0.3, -0.25) is 4.79 Å². The Labute approximate surface area is 185 Å². The second-order valence-corrected chi connectivity index (χ2v) is 11.1. The summed E-state index contributed by atoms with van der Waals surface area (Å²) < 4.78 is 27.6. The normalized spacial score (nSPS) is 19.2. The van der Waals surface area contributed by atoms with Crippen molar-refractivity contribution < 1.29 is 13.2 Å². The molecular formula is C25H32N2O3S. The van der Waals surface area contributed by atoms with E-state index >= 15 is 0 Å². The average Bonchev–Trinajstić information content (AvgIpc) is 3.60. The third-order valence-electron chi connectivity index (χ3n) is 6.77. The largest absolute Gasteiger partial charge is 0.349 e. The summed E-state index contributed by atoms with van der Waals surface area (Å²) in [5, 5.41) is 3.28. The van der Waals surface area contributed by atoms with Crippen molar-refractivity contribution >= 4 is 15.9 Å². The maximum atomic E-state index is 13.0. The first kappa shape index (κ1) is 22.0. The van der Waals surface area contributed by atoms with Crippen LogP contribution in [0, 0.1) is 32.6 Å². The molecule has 2 aromatic carbocycles. The van der Waals surface area contributed by atoms with Crippen LogP contribution in [0.1, 0.15) is 54.0 Å². The SMILES string of the molecule is Cc1ccc(C(NC(=O)C2CCN(S(=O)(=O)c3ccc(C)c(C)c3)CC2)C2CC2)cc1. The summed E-state index contributed by atoms with van der Waals surface area (Å²) in [6.07, 6.45) is 3.40. The van der Waals surface area contributed by atoms with Crippen molar-refractivity contribution in [2.75, 3.05) is 13.1 Å². The van der Waals surface area contributed by atoms with Gasteiger partial charge in [-0.2, -0.15) is 4.31 Å². The zero-order valence-corrected chi connectivity index (χ0v) is 19.4. The number of nitrogens with one attached hydrogen (secondary N) is 1. The third kappa shape index (κ3) is 4.85. The van der Waals surface area contributed by atoms with Crippen LogP contribution in [0.4, 0.5) is 0 Å². The van der Waals surface area contributed by atoms with Gasteiger partial charge >= 0.3 is 0 Å². The molecule has 4 rings (SSSR count). The number of hydrogen-bond acceptors (Lipinski definition) is 3. The molecule has 0 radical (unpaired) electrons. The summed E-state index contributed by atoms with van der Waals surface area (Å²) in [6.45, 7) is 6.72. The van der Waals surface area contributed by atoms with E-state index in [2.05, 4.69) is 36.5 Å². The summed E-state index contributed by atoms with van der Waals surface area (Å²) in [4.78, 5) is 13.3. The van der Waals surface area contributed by atoms with Gasteiger partial charge in [0.15, 0.2) is 0 Å². The zero-order valence-electron chi connectivity index (χ0n) is 18.6. The van der Waals surface area contributed by atoms with Gasteiger partial charge in [-0.05, 0) is 81.2 Å². The van der Waals surface area contributed by atoms with E-state index in [-0.39, 0.29) is 17.9 Å². The first-order chi connectivity index (χ1) is 14.8. The second-order valence-electron chi connectivity index (χ2n) is 9.16. The van der Waals surface area contributed by atoms with Crippen molar-refractivity contribution in [2.45, 2.75) is 57.4 Å². The van der Waals surface area contributed by atoms with Crippen LogP contribution in [-0.4, -0.2) is 31.7 Å². The predicted octanol–water partition coefficient (Wildman–Crippen LogP) is 4.28. The predicted molar refractivity (Wildman–Crippen MR) is 122 cm³/mol. The summed E-state index contributed by atoms with van der Waals surface area (Å²) in [7, 11) is -3.52. The number of carbonyl (C=O) groups is 1. The first-order valence-corrected chi connectivity index (χ1v) is 12.6. The van der Waals surface area contributed by atoms with Gasteiger partial charge in [-0.25, -0.2) is 8.42 Å². The van der Waals surface area contributed by atoms with Crippen LogP contribution in [0.5, 0.6) is 0 Å².